The van der Waals surface area contributed by atoms with Crippen molar-refractivity contribution < 1.29 is 28.6 Å². The smallest absolute Gasteiger partial charge is 0.306 e. The van der Waals surface area contributed by atoms with Gasteiger partial charge < -0.3 is 14.2 Å². The molecule has 0 fully saturated rings. The Hall–Kier alpha value is -2.89. The van der Waals surface area contributed by atoms with Gasteiger partial charge in [-0.15, -0.1) is 0 Å². The van der Waals surface area contributed by atoms with Gasteiger partial charge in [-0.1, -0.05) is 229 Å². The second kappa shape index (κ2) is 49.8. The van der Waals surface area contributed by atoms with Crippen LogP contribution < -0.4 is 0 Å². The van der Waals surface area contributed by atoms with Crippen molar-refractivity contribution in [3.8, 4) is 0 Å². The predicted octanol–water partition coefficient (Wildman–Crippen LogP) is 16.9. The first kappa shape index (κ1) is 58.1. The van der Waals surface area contributed by atoms with E-state index >= 15 is 0 Å². The maximum Gasteiger partial charge on any atom is 0.306 e. The van der Waals surface area contributed by atoms with Crippen LogP contribution in [0, 0.1) is 0 Å². The molecule has 0 aliphatic rings. The highest BCUT2D eigenvalue weighted by Gasteiger charge is 2.19. The molecule has 0 rings (SSSR count). The van der Waals surface area contributed by atoms with Crippen molar-refractivity contribution in [2.45, 2.75) is 258 Å². The van der Waals surface area contributed by atoms with Gasteiger partial charge in [-0.3, -0.25) is 14.4 Å². The Morgan fingerprint density at radius 1 is 0.344 bits per heavy atom. The average molecular weight is 853 g/mol. The molecule has 0 heterocycles. The van der Waals surface area contributed by atoms with Crippen LogP contribution >= 0.6 is 0 Å². The van der Waals surface area contributed by atoms with E-state index in [0.717, 1.165) is 89.9 Å². The fraction of sp³-hybridized carbons (Fsp3) is 0.764. The zero-order valence-electron chi connectivity index (χ0n) is 40.2. The largest absolute Gasteiger partial charge is 0.462 e. The van der Waals surface area contributed by atoms with Crippen LogP contribution in [0.5, 0.6) is 0 Å². The Morgan fingerprint density at radius 3 is 1.00 bits per heavy atom. The minimum atomic E-state index is -0.784. The van der Waals surface area contributed by atoms with Gasteiger partial charge in [0.25, 0.3) is 0 Å². The first-order valence-electron chi connectivity index (χ1n) is 25.8. The SMILES string of the molecule is CC\C=C/C=C\C=C/CCCCCCCCCC(=O)OC(COC(=O)CCCCCCC/C=C\C=C/CCCCCCCCC)COC(=O)CCCCCCCCCCCC. The molecule has 0 amide bonds. The van der Waals surface area contributed by atoms with Gasteiger partial charge in [0.15, 0.2) is 6.10 Å². The fourth-order valence-electron chi connectivity index (χ4n) is 7.20. The van der Waals surface area contributed by atoms with Crippen LogP contribution in [0.2, 0.25) is 0 Å². The van der Waals surface area contributed by atoms with Crippen LogP contribution in [0.15, 0.2) is 60.8 Å². The lowest BCUT2D eigenvalue weighted by atomic mass is 10.1. The van der Waals surface area contributed by atoms with Crippen molar-refractivity contribution in [1.82, 2.24) is 0 Å². The average Bonchev–Trinajstić information content (AvgIpc) is 3.26. The molecule has 61 heavy (non-hydrogen) atoms. The van der Waals surface area contributed by atoms with E-state index in [1.54, 1.807) is 0 Å². The minimum absolute atomic E-state index is 0.0829. The van der Waals surface area contributed by atoms with Crippen LogP contribution in [0.25, 0.3) is 0 Å². The van der Waals surface area contributed by atoms with Crippen LogP contribution in [0.1, 0.15) is 252 Å². The zero-order chi connectivity index (χ0) is 44.4. The Balaban J connectivity index is 4.38. The third-order valence-corrected chi connectivity index (χ3v) is 11.1. The number of unbranched alkanes of at least 4 members (excludes halogenated alkanes) is 28. The summed E-state index contributed by atoms with van der Waals surface area (Å²) in [5.41, 5.74) is 0. The number of carbonyl (C=O) groups is 3. The summed E-state index contributed by atoms with van der Waals surface area (Å²) in [6, 6.07) is 0. The number of hydrogen-bond acceptors (Lipinski definition) is 6. The quantitative estimate of drug-likeness (QED) is 0.0263. The van der Waals surface area contributed by atoms with E-state index in [4.69, 9.17) is 14.2 Å². The molecule has 6 heteroatoms. The zero-order valence-corrected chi connectivity index (χ0v) is 40.2. The third-order valence-electron chi connectivity index (χ3n) is 11.1. The van der Waals surface area contributed by atoms with Crippen LogP contribution in [-0.2, 0) is 28.6 Å². The summed E-state index contributed by atoms with van der Waals surface area (Å²) in [5, 5.41) is 0. The molecule has 0 N–H and O–H groups in total. The lowest BCUT2D eigenvalue weighted by molar-refractivity contribution is -0.167. The number of allylic oxidation sites excluding steroid dienone is 10. The second-order valence-corrected chi connectivity index (χ2v) is 17.1. The molecular weight excluding hydrogens is 757 g/mol. The minimum Gasteiger partial charge on any atom is -0.462 e. The van der Waals surface area contributed by atoms with Gasteiger partial charge in [0, 0.05) is 19.3 Å². The van der Waals surface area contributed by atoms with Crippen LogP contribution in [-0.4, -0.2) is 37.2 Å². The molecule has 6 nitrogen and oxygen atoms in total. The summed E-state index contributed by atoms with van der Waals surface area (Å²) in [4.78, 5) is 37.9. The summed E-state index contributed by atoms with van der Waals surface area (Å²) in [6.45, 7) is 6.47. The molecular formula is C55H96O6. The number of rotatable bonds is 46. The molecule has 0 saturated heterocycles. The molecule has 0 spiro atoms. The van der Waals surface area contributed by atoms with Crippen molar-refractivity contribution in [3.05, 3.63) is 60.8 Å². The Bertz CT molecular complexity index is 1120. The summed E-state index contributed by atoms with van der Waals surface area (Å²) in [5.74, 6) is -0.908. The van der Waals surface area contributed by atoms with Crippen molar-refractivity contribution >= 4 is 17.9 Å². The first-order valence-corrected chi connectivity index (χ1v) is 25.8. The molecule has 0 aromatic rings. The predicted molar refractivity (Wildman–Crippen MR) is 261 cm³/mol. The Labute approximate surface area is 377 Å². The lowest BCUT2D eigenvalue weighted by Gasteiger charge is -2.18. The molecule has 0 aromatic heterocycles. The molecule has 0 aromatic carbocycles. The maximum atomic E-state index is 12.8. The van der Waals surface area contributed by atoms with Crippen molar-refractivity contribution in [2.24, 2.45) is 0 Å². The van der Waals surface area contributed by atoms with Gasteiger partial charge in [0.05, 0.1) is 0 Å². The Kier molecular flexibility index (Phi) is 47.4. The van der Waals surface area contributed by atoms with Gasteiger partial charge >= 0.3 is 17.9 Å². The van der Waals surface area contributed by atoms with E-state index in [2.05, 4.69) is 81.5 Å². The molecule has 1 unspecified atom stereocenters. The molecule has 0 radical (unpaired) electrons. The molecule has 0 aliphatic heterocycles. The molecule has 0 aliphatic carbocycles. The summed E-state index contributed by atoms with van der Waals surface area (Å²) < 4.78 is 16.8. The van der Waals surface area contributed by atoms with E-state index in [0.29, 0.717) is 19.3 Å². The second-order valence-electron chi connectivity index (χ2n) is 17.1. The van der Waals surface area contributed by atoms with Gasteiger partial charge in [-0.05, 0) is 64.2 Å². The monoisotopic (exact) mass is 853 g/mol. The van der Waals surface area contributed by atoms with E-state index in [9.17, 15) is 14.4 Å². The molecule has 0 bridgehead atoms. The molecule has 352 valence electrons. The van der Waals surface area contributed by atoms with Gasteiger partial charge in [-0.25, -0.2) is 0 Å². The fourth-order valence-corrected chi connectivity index (χ4v) is 7.20. The lowest BCUT2D eigenvalue weighted by Crippen LogP contribution is -2.30. The summed E-state index contributed by atoms with van der Waals surface area (Å²) in [6.07, 6.45) is 60.6. The highest BCUT2D eigenvalue weighted by molar-refractivity contribution is 5.71. The molecule has 0 saturated carbocycles. The number of ether oxygens (including phenoxy) is 3. The highest BCUT2D eigenvalue weighted by Crippen LogP contribution is 2.15. The van der Waals surface area contributed by atoms with Gasteiger partial charge in [0.2, 0.25) is 0 Å². The van der Waals surface area contributed by atoms with E-state index in [1.165, 1.54) is 122 Å². The normalized spacial score (nSPS) is 12.5. The van der Waals surface area contributed by atoms with Gasteiger partial charge in [0.1, 0.15) is 13.2 Å². The maximum absolute atomic E-state index is 12.8. The first-order chi connectivity index (χ1) is 30.0. The van der Waals surface area contributed by atoms with E-state index in [-0.39, 0.29) is 31.1 Å². The van der Waals surface area contributed by atoms with Gasteiger partial charge in [-0.2, -0.15) is 0 Å². The number of hydrogen-bond donors (Lipinski definition) is 0. The third kappa shape index (κ3) is 48.0. The van der Waals surface area contributed by atoms with Crippen molar-refractivity contribution in [2.75, 3.05) is 13.2 Å². The standard InChI is InChI=1S/C55H96O6/c1-4-7-10-13-16-19-22-24-26-27-28-30-31-33-36-39-42-45-48-54(57)60-51-52(50-59-53(56)47-44-41-38-35-21-18-15-12-9-6-3)61-55(58)49-46-43-40-37-34-32-29-25-23-20-17-14-11-8-5-2/h8,11,14,17,20,23,26-28,30,52H,4-7,9-10,12-13,15-16,18-19,21-22,24-25,29,31-51H2,1-3H3/b11-8-,17-14-,23-20-,27-26-,30-28-. The number of esters is 3. The topological polar surface area (TPSA) is 78.9 Å². The molecule has 1 atom stereocenters. The highest BCUT2D eigenvalue weighted by atomic mass is 16.6. The van der Waals surface area contributed by atoms with Crippen molar-refractivity contribution in [3.63, 3.8) is 0 Å². The summed E-state index contributed by atoms with van der Waals surface area (Å²) in [7, 11) is 0. The van der Waals surface area contributed by atoms with E-state index in [1.807, 2.05) is 0 Å². The van der Waals surface area contributed by atoms with E-state index < -0.39 is 6.10 Å². The number of carbonyl (C=O) groups excluding carboxylic acids is 3. The van der Waals surface area contributed by atoms with Crippen molar-refractivity contribution in [1.29, 1.82) is 0 Å². The van der Waals surface area contributed by atoms with Crippen LogP contribution in [0.3, 0.4) is 0 Å². The van der Waals surface area contributed by atoms with Crippen LogP contribution in [0.4, 0.5) is 0 Å². The Morgan fingerprint density at radius 2 is 0.639 bits per heavy atom. The summed E-state index contributed by atoms with van der Waals surface area (Å²) >= 11 is 0.